The first-order valence-electron chi connectivity index (χ1n) is 8.75. The van der Waals surface area contributed by atoms with E-state index >= 15 is 0 Å². The van der Waals surface area contributed by atoms with Crippen molar-refractivity contribution < 1.29 is 4.79 Å². The summed E-state index contributed by atoms with van der Waals surface area (Å²) in [5, 5.41) is 0.673. The number of carbonyl (C=O) groups excluding carboxylic acids is 1. The van der Waals surface area contributed by atoms with Gasteiger partial charge in [-0.3, -0.25) is 4.79 Å². The van der Waals surface area contributed by atoms with Crippen molar-refractivity contribution in [3.05, 3.63) is 75.5 Å². The predicted molar refractivity (Wildman–Crippen MR) is 114 cm³/mol. The maximum Gasteiger partial charge on any atom is 0.254 e. The van der Waals surface area contributed by atoms with Gasteiger partial charge in [-0.25, -0.2) is 4.98 Å². The van der Waals surface area contributed by atoms with Gasteiger partial charge in [0.1, 0.15) is 5.82 Å². The molecule has 1 amide bonds. The first kappa shape index (κ1) is 19.6. The lowest BCUT2D eigenvalue weighted by Gasteiger charge is -2.21. The van der Waals surface area contributed by atoms with Crippen molar-refractivity contribution in [2.45, 2.75) is 26.9 Å². The number of hydrogen-bond donors (Lipinski definition) is 0. The third-order valence-corrected chi connectivity index (χ3v) is 5.58. The summed E-state index contributed by atoms with van der Waals surface area (Å²) in [4.78, 5) is 19.5. The Morgan fingerprint density at radius 3 is 2.78 bits per heavy atom. The number of amides is 1. The van der Waals surface area contributed by atoms with Crippen LogP contribution >= 0.6 is 27.5 Å². The van der Waals surface area contributed by atoms with Gasteiger partial charge in [0.25, 0.3) is 5.91 Å². The van der Waals surface area contributed by atoms with Crippen LogP contribution in [0.4, 0.5) is 0 Å². The van der Waals surface area contributed by atoms with Crippen molar-refractivity contribution in [1.29, 1.82) is 0 Å². The summed E-state index contributed by atoms with van der Waals surface area (Å²) in [5.74, 6) is 0.777. The summed E-state index contributed by atoms with van der Waals surface area (Å²) in [5.41, 5.74) is 3.58. The summed E-state index contributed by atoms with van der Waals surface area (Å²) < 4.78 is 3.01. The molecule has 0 N–H and O–H groups in total. The molecule has 2 aromatic carbocycles. The Hall–Kier alpha value is -2.11. The molecule has 1 aromatic heterocycles. The third kappa shape index (κ3) is 4.09. The summed E-state index contributed by atoms with van der Waals surface area (Å²) in [6.45, 7) is 9.44. The van der Waals surface area contributed by atoms with E-state index in [1.54, 1.807) is 11.0 Å². The van der Waals surface area contributed by atoms with Gasteiger partial charge in [-0.15, -0.1) is 6.58 Å². The van der Waals surface area contributed by atoms with Crippen LogP contribution in [0.2, 0.25) is 5.02 Å². The third-order valence-electron chi connectivity index (χ3n) is 4.49. The second kappa shape index (κ2) is 8.28. The Morgan fingerprint density at radius 2 is 2.11 bits per heavy atom. The van der Waals surface area contributed by atoms with Crippen LogP contribution in [0.5, 0.6) is 0 Å². The van der Waals surface area contributed by atoms with Gasteiger partial charge in [-0.1, -0.05) is 39.7 Å². The van der Waals surface area contributed by atoms with E-state index in [1.807, 2.05) is 43.3 Å². The van der Waals surface area contributed by atoms with Crippen LogP contribution in [0.3, 0.4) is 0 Å². The monoisotopic (exact) mass is 445 g/mol. The van der Waals surface area contributed by atoms with Crippen molar-refractivity contribution in [2.24, 2.45) is 0 Å². The van der Waals surface area contributed by atoms with Gasteiger partial charge < -0.3 is 9.47 Å². The topological polar surface area (TPSA) is 38.1 Å². The minimum absolute atomic E-state index is 0.0525. The van der Waals surface area contributed by atoms with Crippen molar-refractivity contribution in [3.8, 4) is 0 Å². The van der Waals surface area contributed by atoms with Gasteiger partial charge in [0, 0.05) is 28.1 Å². The minimum atomic E-state index is -0.0525. The van der Waals surface area contributed by atoms with Crippen LogP contribution in [0.25, 0.3) is 11.0 Å². The molecule has 0 spiro atoms. The van der Waals surface area contributed by atoms with Gasteiger partial charge >= 0.3 is 0 Å². The highest BCUT2D eigenvalue weighted by atomic mass is 79.9. The maximum absolute atomic E-state index is 13.1. The molecule has 0 radical (unpaired) electrons. The number of nitrogens with zero attached hydrogens (tertiary/aromatic N) is 3. The quantitative estimate of drug-likeness (QED) is 0.462. The number of aromatic nitrogens is 2. The molecule has 0 aliphatic carbocycles. The Labute approximate surface area is 172 Å². The SMILES string of the molecule is C=CCN(Cc1nc2ccc(Cl)cc2n1CC)C(=O)c1ccc(C)c(Br)c1. The molecule has 6 heteroatoms. The zero-order valence-corrected chi connectivity index (χ0v) is 17.7. The maximum atomic E-state index is 13.1. The summed E-state index contributed by atoms with van der Waals surface area (Å²) in [6, 6.07) is 11.3. The number of hydrogen-bond acceptors (Lipinski definition) is 2. The Kier molecular flexibility index (Phi) is 6.02. The second-order valence-electron chi connectivity index (χ2n) is 6.34. The van der Waals surface area contributed by atoms with Gasteiger partial charge in [0.05, 0.1) is 17.6 Å². The van der Waals surface area contributed by atoms with E-state index in [9.17, 15) is 4.79 Å². The normalized spacial score (nSPS) is 11.0. The molecule has 0 aliphatic rings. The molecule has 0 saturated carbocycles. The predicted octanol–water partition coefficient (Wildman–Crippen LogP) is 5.61. The van der Waals surface area contributed by atoms with Crippen molar-refractivity contribution in [3.63, 3.8) is 0 Å². The lowest BCUT2D eigenvalue weighted by atomic mass is 10.1. The smallest absolute Gasteiger partial charge is 0.254 e. The highest BCUT2D eigenvalue weighted by molar-refractivity contribution is 9.10. The average Bonchev–Trinajstić information content (AvgIpc) is 2.99. The minimum Gasteiger partial charge on any atom is -0.327 e. The molecular weight excluding hydrogens is 426 g/mol. The molecule has 0 bridgehead atoms. The van der Waals surface area contributed by atoms with E-state index in [4.69, 9.17) is 16.6 Å². The van der Waals surface area contributed by atoms with Crippen LogP contribution in [-0.4, -0.2) is 26.9 Å². The molecule has 4 nitrogen and oxygen atoms in total. The fourth-order valence-electron chi connectivity index (χ4n) is 3.07. The summed E-state index contributed by atoms with van der Waals surface area (Å²) in [6.07, 6.45) is 1.73. The largest absolute Gasteiger partial charge is 0.327 e. The number of aryl methyl sites for hydroxylation is 2. The van der Waals surface area contributed by atoms with Crippen LogP contribution in [-0.2, 0) is 13.1 Å². The van der Waals surface area contributed by atoms with Crippen molar-refractivity contribution in [1.82, 2.24) is 14.5 Å². The number of rotatable bonds is 6. The second-order valence-corrected chi connectivity index (χ2v) is 7.63. The zero-order valence-electron chi connectivity index (χ0n) is 15.4. The van der Waals surface area contributed by atoms with Crippen LogP contribution < -0.4 is 0 Å². The number of carbonyl (C=O) groups is 1. The standard InChI is InChI=1S/C21H21BrClN3O/c1-4-10-25(21(27)15-7-6-14(3)17(22)11-15)13-20-24-18-9-8-16(23)12-19(18)26(20)5-2/h4,6-9,11-12H,1,5,10,13H2,2-3H3. The van der Waals surface area contributed by atoms with E-state index in [0.717, 1.165) is 33.4 Å². The molecule has 1 heterocycles. The summed E-state index contributed by atoms with van der Waals surface area (Å²) in [7, 11) is 0. The molecule has 0 saturated heterocycles. The van der Waals surface area contributed by atoms with E-state index < -0.39 is 0 Å². The van der Waals surface area contributed by atoms with Gasteiger partial charge in [0.15, 0.2) is 0 Å². The number of imidazole rings is 1. The van der Waals surface area contributed by atoms with Gasteiger partial charge in [-0.05, 0) is 49.7 Å². The average molecular weight is 447 g/mol. The fourth-order valence-corrected chi connectivity index (χ4v) is 3.62. The van der Waals surface area contributed by atoms with Crippen LogP contribution in [0.15, 0.2) is 53.5 Å². The lowest BCUT2D eigenvalue weighted by Crippen LogP contribution is -2.32. The number of fused-ring (bicyclic) bond motifs is 1. The highest BCUT2D eigenvalue weighted by Gasteiger charge is 2.19. The van der Waals surface area contributed by atoms with E-state index in [0.29, 0.717) is 23.7 Å². The highest BCUT2D eigenvalue weighted by Crippen LogP contribution is 2.23. The molecule has 140 valence electrons. The van der Waals surface area contributed by atoms with Crippen LogP contribution in [0.1, 0.15) is 28.7 Å². The van der Waals surface area contributed by atoms with E-state index in [2.05, 4.69) is 34.0 Å². The van der Waals surface area contributed by atoms with Crippen LogP contribution in [0, 0.1) is 6.92 Å². The molecule has 0 aliphatic heterocycles. The van der Waals surface area contributed by atoms with Crippen molar-refractivity contribution in [2.75, 3.05) is 6.54 Å². The fraction of sp³-hybridized carbons (Fsp3) is 0.238. The zero-order chi connectivity index (χ0) is 19.6. The molecule has 0 atom stereocenters. The van der Waals surface area contributed by atoms with Gasteiger partial charge in [-0.2, -0.15) is 0 Å². The lowest BCUT2D eigenvalue weighted by molar-refractivity contribution is 0.0757. The molecular formula is C21H21BrClN3O. The Morgan fingerprint density at radius 1 is 1.33 bits per heavy atom. The van der Waals surface area contributed by atoms with E-state index in [-0.39, 0.29) is 5.91 Å². The van der Waals surface area contributed by atoms with E-state index in [1.165, 1.54) is 0 Å². The molecule has 0 unspecified atom stereocenters. The Balaban J connectivity index is 1.96. The van der Waals surface area contributed by atoms with Crippen molar-refractivity contribution >= 4 is 44.5 Å². The first-order valence-corrected chi connectivity index (χ1v) is 9.92. The first-order chi connectivity index (χ1) is 12.9. The molecule has 0 fully saturated rings. The number of halogens is 2. The van der Waals surface area contributed by atoms with Gasteiger partial charge in [0.2, 0.25) is 0 Å². The molecule has 3 aromatic rings. The molecule has 27 heavy (non-hydrogen) atoms. The molecule has 3 rings (SSSR count). The summed E-state index contributed by atoms with van der Waals surface area (Å²) >= 11 is 9.65. The number of benzene rings is 2. The Bertz CT molecular complexity index is 1010.